The Morgan fingerprint density at radius 1 is 1.25 bits per heavy atom. The van der Waals surface area contributed by atoms with Crippen LogP contribution in [-0.2, 0) is 11.3 Å². The lowest BCUT2D eigenvalue weighted by Crippen LogP contribution is -2.32. The zero-order chi connectivity index (χ0) is 14.5. The van der Waals surface area contributed by atoms with E-state index >= 15 is 0 Å². The number of nitro benzene ring substituents is 1. The smallest absolute Gasteiger partial charge is 0.269 e. The summed E-state index contributed by atoms with van der Waals surface area (Å²) in [7, 11) is 0. The zero-order valence-electron chi connectivity index (χ0n) is 11.4. The minimum atomic E-state index is -0.446. The normalized spacial score (nSPS) is 16.6. The van der Waals surface area contributed by atoms with E-state index in [1.165, 1.54) is 18.2 Å². The maximum Gasteiger partial charge on any atom is 0.269 e. The predicted molar refractivity (Wildman–Crippen MR) is 76.0 cm³/mol. The number of rotatable bonds is 3. The largest absolute Gasteiger partial charge is 0.398 e. The van der Waals surface area contributed by atoms with Gasteiger partial charge in [-0.05, 0) is 18.9 Å². The second-order valence-electron chi connectivity index (χ2n) is 5.12. The minimum Gasteiger partial charge on any atom is -0.398 e. The van der Waals surface area contributed by atoms with Crippen molar-refractivity contribution < 1.29 is 9.72 Å². The number of anilines is 1. The summed E-state index contributed by atoms with van der Waals surface area (Å²) in [6, 6.07) is 4.37. The van der Waals surface area contributed by atoms with E-state index in [0.717, 1.165) is 25.7 Å². The predicted octanol–water partition coefficient (Wildman–Crippen LogP) is 2.47. The van der Waals surface area contributed by atoms with Crippen LogP contribution in [0, 0.1) is 10.1 Å². The fourth-order valence-corrected chi connectivity index (χ4v) is 2.43. The van der Waals surface area contributed by atoms with E-state index in [1.54, 1.807) is 4.90 Å². The molecule has 0 spiro atoms. The lowest BCUT2D eigenvalue weighted by Gasteiger charge is -2.25. The molecule has 2 rings (SSSR count). The molecule has 1 aromatic rings. The van der Waals surface area contributed by atoms with E-state index in [1.807, 2.05) is 0 Å². The van der Waals surface area contributed by atoms with Crippen molar-refractivity contribution in [1.82, 2.24) is 4.90 Å². The van der Waals surface area contributed by atoms with Crippen LogP contribution in [0.2, 0.25) is 0 Å². The summed E-state index contributed by atoms with van der Waals surface area (Å²) in [6.07, 6.45) is 4.65. The van der Waals surface area contributed by atoms with E-state index in [4.69, 9.17) is 5.73 Å². The van der Waals surface area contributed by atoms with Gasteiger partial charge in [-0.2, -0.15) is 0 Å². The van der Waals surface area contributed by atoms with Crippen LogP contribution in [0.15, 0.2) is 18.2 Å². The van der Waals surface area contributed by atoms with Crippen LogP contribution in [-0.4, -0.2) is 22.3 Å². The number of nitrogens with zero attached hydrogens (tertiary/aromatic N) is 2. The SMILES string of the molecule is Nc1ccc([N+](=O)[O-])cc1CN1CCCCCCC1=O. The molecule has 1 fully saturated rings. The van der Waals surface area contributed by atoms with Crippen LogP contribution in [0.4, 0.5) is 11.4 Å². The van der Waals surface area contributed by atoms with Crippen molar-refractivity contribution in [2.45, 2.75) is 38.6 Å². The van der Waals surface area contributed by atoms with Crippen molar-refractivity contribution in [3.8, 4) is 0 Å². The van der Waals surface area contributed by atoms with Gasteiger partial charge in [0.25, 0.3) is 5.69 Å². The molecule has 0 bridgehead atoms. The number of amides is 1. The highest BCUT2D eigenvalue weighted by molar-refractivity contribution is 5.76. The third-order valence-electron chi connectivity index (χ3n) is 3.62. The molecule has 1 heterocycles. The van der Waals surface area contributed by atoms with Crippen LogP contribution >= 0.6 is 0 Å². The molecule has 1 aliphatic heterocycles. The molecule has 0 unspecified atom stereocenters. The molecule has 0 radical (unpaired) electrons. The first-order valence-electron chi connectivity index (χ1n) is 6.88. The van der Waals surface area contributed by atoms with Crippen molar-refractivity contribution in [3.05, 3.63) is 33.9 Å². The summed E-state index contributed by atoms with van der Waals surface area (Å²) < 4.78 is 0. The summed E-state index contributed by atoms with van der Waals surface area (Å²) >= 11 is 0. The highest BCUT2D eigenvalue weighted by Gasteiger charge is 2.18. The van der Waals surface area contributed by atoms with Crippen molar-refractivity contribution in [2.75, 3.05) is 12.3 Å². The molecule has 0 atom stereocenters. The van der Waals surface area contributed by atoms with Crippen molar-refractivity contribution in [3.63, 3.8) is 0 Å². The number of likely N-dealkylation sites (tertiary alicyclic amines) is 1. The molecule has 1 amide bonds. The molecule has 2 N–H and O–H groups in total. The maximum absolute atomic E-state index is 12.1. The van der Waals surface area contributed by atoms with Gasteiger partial charge >= 0.3 is 0 Å². The van der Waals surface area contributed by atoms with Gasteiger partial charge in [0.15, 0.2) is 0 Å². The van der Waals surface area contributed by atoms with Crippen LogP contribution < -0.4 is 5.73 Å². The first kappa shape index (κ1) is 14.3. The third kappa shape index (κ3) is 3.46. The monoisotopic (exact) mass is 277 g/mol. The molecule has 1 saturated heterocycles. The van der Waals surface area contributed by atoms with Crippen LogP contribution in [0.25, 0.3) is 0 Å². The van der Waals surface area contributed by atoms with Crippen LogP contribution in [0.3, 0.4) is 0 Å². The van der Waals surface area contributed by atoms with E-state index in [-0.39, 0.29) is 11.6 Å². The fourth-order valence-electron chi connectivity index (χ4n) is 2.43. The molecule has 1 aliphatic rings. The van der Waals surface area contributed by atoms with Gasteiger partial charge in [0.2, 0.25) is 5.91 Å². The van der Waals surface area contributed by atoms with Gasteiger partial charge in [-0.25, -0.2) is 0 Å². The number of hydrogen-bond donors (Lipinski definition) is 1. The number of benzene rings is 1. The Kier molecular flexibility index (Phi) is 4.55. The van der Waals surface area contributed by atoms with E-state index in [9.17, 15) is 14.9 Å². The van der Waals surface area contributed by atoms with Gasteiger partial charge in [0.1, 0.15) is 0 Å². The van der Waals surface area contributed by atoms with Gasteiger partial charge in [-0.1, -0.05) is 12.8 Å². The Morgan fingerprint density at radius 3 is 2.75 bits per heavy atom. The van der Waals surface area contributed by atoms with E-state index < -0.39 is 4.92 Å². The van der Waals surface area contributed by atoms with E-state index in [0.29, 0.717) is 30.8 Å². The molecule has 0 saturated carbocycles. The summed E-state index contributed by atoms with van der Waals surface area (Å²) in [6.45, 7) is 1.05. The van der Waals surface area contributed by atoms with Gasteiger partial charge < -0.3 is 10.6 Å². The van der Waals surface area contributed by atoms with Gasteiger partial charge in [0.05, 0.1) is 4.92 Å². The first-order valence-corrected chi connectivity index (χ1v) is 6.88. The van der Waals surface area contributed by atoms with Gasteiger partial charge in [-0.3, -0.25) is 14.9 Å². The lowest BCUT2D eigenvalue weighted by atomic mass is 10.1. The number of carbonyl (C=O) groups is 1. The number of carbonyl (C=O) groups excluding carboxylic acids is 1. The number of nitrogen functional groups attached to an aromatic ring is 1. The highest BCUT2D eigenvalue weighted by atomic mass is 16.6. The molecule has 6 heteroatoms. The summed E-state index contributed by atoms with van der Waals surface area (Å²) in [5.74, 6) is 0.107. The summed E-state index contributed by atoms with van der Waals surface area (Å²) in [5, 5.41) is 10.8. The minimum absolute atomic E-state index is 0.00805. The zero-order valence-corrected chi connectivity index (χ0v) is 11.4. The highest BCUT2D eigenvalue weighted by Crippen LogP contribution is 2.22. The van der Waals surface area contributed by atoms with E-state index in [2.05, 4.69) is 0 Å². The summed E-state index contributed by atoms with van der Waals surface area (Å²) in [5.41, 5.74) is 7.01. The molecule has 108 valence electrons. The fraction of sp³-hybridized carbons (Fsp3) is 0.500. The second-order valence-corrected chi connectivity index (χ2v) is 5.12. The first-order chi connectivity index (χ1) is 9.58. The average molecular weight is 277 g/mol. The van der Waals surface area contributed by atoms with Crippen LogP contribution in [0.1, 0.15) is 37.7 Å². The maximum atomic E-state index is 12.1. The molecule has 6 nitrogen and oxygen atoms in total. The van der Waals surface area contributed by atoms with Crippen molar-refractivity contribution >= 4 is 17.3 Å². The molecular weight excluding hydrogens is 258 g/mol. The molecule has 0 aliphatic carbocycles. The number of hydrogen-bond acceptors (Lipinski definition) is 4. The Hall–Kier alpha value is -2.11. The summed E-state index contributed by atoms with van der Waals surface area (Å²) in [4.78, 5) is 24.2. The Morgan fingerprint density at radius 2 is 2.00 bits per heavy atom. The Balaban J connectivity index is 2.16. The molecule has 0 aromatic heterocycles. The van der Waals surface area contributed by atoms with Gasteiger partial charge in [-0.15, -0.1) is 0 Å². The third-order valence-corrected chi connectivity index (χ3v) is 3.62. The molecule has 1 aromatic carbocycles. The number of non-ortho nitro benzene ring substituents is 1. The Bertz CT molecular complexity index is 516. The molecular formula is C14H19N3O3. The Labute approximate surface area is 117 Å². The van der Waals surface area contributed by atoms with Crippen molar-refractivity contribution in [2.24, 2.45) is 0 Å². The lowest BCUT2D eigenvalue weighted by molar-refractivity contribution is -0.384. The standard InChI is InChI=1S/C14H19N3O3/c15-13-7-6-12(17(19)20)9-11(13)10-16-8-4-2-1-3-5-14(16)18/h6-7,9H,1-5,8,10,15H2. The molecule has 20 heavy (non-hydrogen) atoms. The van der Waals surface area contributed by atoms with Crippen LogP contribution in [0.5, 0.6) is 0 Å². The topological polar surface area (TPSA) is 89.5 Å². The van der Waals surface area contributed by atoms with Gasteiger partial charge in [0, 0.05) is 42.9 Å². The average Bonchev–Trinajstić information content (AvgIpc) is 2.40. The van der Waals surface area contributed by atoms with Crippen molar-refractivity contribution in [1.29, 1.82) is 0 Å². The number of nitrogens with two attached hydrogens (primary N) is 1. The second kappa shape index (κ2) is 6.36. The number of nitro groups is 1. The quantitative estimate of drug-likeness (QED) is 0.522.